The van der Waals surface area contributed by atoms with Crippen molar-refractivity contribution in [3.8, 4) is 17.0 Å². The Morgan fingerprint density at radius 2 is 1.95 bits per heavy atom. The van der Waals surface area contributed by atoms with Gasteiger partial charge in [-0.1, -0.05) is 0 Å². The number of aromatic nitrogens is 3. The molecule has 2 N–H and O–H groups in total. The number of amides is 2. The number of fused-ring (bicyclic) bond motifs is 1. The van der Waals surface area contributed by atoms with Crippen LogP contribution < -0.4 is 15.4 Å². The van der Waals surface area contributed by atoms with Crippen LogP contribution in [-0.2, 0) is 0 Å². The number of imidazole rings is 1. The third kappa shape index (κ3) is 2.69. The highest BCUT2D eigenvalue weighted by atomic mass is 16.5. The Balaban J connectivity index is 1.93. The molecule has 22 heavy (non-hydrogen) atoms. The van der Waals surface area contributed by atoms with Gasteiger partial charge in [0.2, 0.25) is 0 Å². The number of hydrogen-bond acceptors (Lipinski definition) is 4. The molecule has 0 aliphatic heterocycles. The molecule has 7 heteroatoms. The van der Waals surface area contributed by atoms with E-state index in [1.807, 2.05) is 36.4 Å². The van der Waals surface area contributed by atoms with Gasteiger partial charge in [0.05, 0.1) is 19.0 Å². The number of rotatable bonds is 3. The van der Waals surface area contributed by atoms with Crippen molar-refractivity contribution in [2.24, 2.45) is 0 Å². The summed E-state index contributed by atoms with van der Waals surface area (Å²) in [5.74, 6) is 1.24. The molecule has 0 saturated carbocycles. The zero-order chi connectivity index (χ0) is 15.5. The normalized spacial score (nSPS) is 10.5. The zero-order valence-electron chi connectivity index (χ0n) is 12.2. The van der Waals surface area contributed by atoms with Crippen LogP contribution >= 0.6 is 0 Å². The number of carbonyl (C=O) groups is 1. The Labute approximate surface area is 126 Å². The quantitative estimate of drug-likeness (QED) is 0.776. The van der Waals surface area contributed by atoms with Gasteiger partial charge in [-0.3, -0.25) is 5.32 Å². The van der Waals surface area contributed by atoms with E-state index in [-0.39, 0.29) is 6.03 Å². The number of nitrogens with zero attached hydrogens (tertiary/aromatic N) is 3. The standard InChI is InChI=1S/C15H15N5O2/c1-16-15(21)18-13-9-20-14(17-13)8-7-12(19-20)10-3-5-11(22-2)6-4-10/h3-9H,1-2H3,(H2,16,18,21). The average Bonchev–Trinajstić information content (AvgIpc) is 2.96. The van der Waals surface area contributed by atoms with Crippen molar-refractivity contribution in [3.05, 3.63) is 42.6 Å². The Kier molecular flexibility index (Phi) is 3.61. The van der Waals surface area contributed by atoms with Crippen LogP contribution in [0.4, 0.5) is 10.6 Å². The van der Waals surface area contributed by atoms with Gasteiger partial charge >= 0.3 is 6.03 Å². The van der Waals surface area contributed by atoms with Crippen molar-refractivity contribution < 1.29 is 9.53 Å². The molecule has 0 saturated heterocycles. The summed E-state index contributed by atoms with van der Waals surface area (Å²) in [6.45, 7) is 0. The van der Waals surface area contributed by atoms with Gasteiger partial charge in [0.15, 0.2) is 11.5 Å². The summed E-state index contributed by atoms with van der Waals surface area (Å²) in [7, 11) is 3.18. The predicted molar refractivity (Wildman–Crippen MR) is 83.1 cm³/mol. The summed E-state index contributed by atoms with van der Waals surface area (Å²) >= 11 is 0. The number of anilines is 1. The largest absolute Gasteiger partial charge is 0.497 e. The van der Waals surface area contributed by atoms with E-state index in [2.05, 4.69) is 20.7 Å². The molecule has 2 aromatic heterocycles. The molecular weight excluding hydrogens is 282 g/mol. The number of hydrogen-bond donors (Lipinski definition) is 2. The monoisotopic (exact) mass is 297 g/mol. The molecule has 7 nitrogen and oxygen atoms in total. The second-order valence-corrected chi connectivity index (χ2v) is 4.58. The third-order valence-corrected chi connectivity index (χ3v) is 3.17. The first-order valence-corrected chi connectivity index (χ1v) is 6.69. The first-order chi connectivity index (χ1) is 10.7. The fourth-order valence-electron chi connectivity index (χ4n) is 2.04. The fraction of sp³-hybridized carbons (Fsp3) is 0.133. The van der Waals surface area contributed by atoms with Crippen LogP contribution in [0.1, 0.15) is 0 Å². The number of carbonyl (C=O) groups excluding carboxylic acids is 1. The van der Waals surface area contributed by atoms with Crippen molar-refractivity contribution in [1.29, 1.82) is 0 Å². The van der Waals surface area contributed by atoms with Crippen LogP contribution in [0.5, 0.6) is 5.75 Å². The summed E-state index contributed by atoms with van der Waals surface area (Å²) in [4.78, 5) is 15.6. The molecule has 0 radical (unpaired) electrons. The third-order valence-electron chi connectivity index (χ3n) is 3.17. The maximum Gasteiger partial charge on any atom is 0.320 e. The van der Waals surface area contributed by atoms with Crippen LogP contribution in [0.15, 0.2) is 42.6 Å². The number of urea groups is 1. The average molecular weight is 297 g/mol. The molecule has 0 atom stereocenters. The second kappa shape index (κ2) is 5.72. The van der Waals surface area contributed by atoms with Gasteiger partial charge in [0.25, 0.3) is 0 Å². The van der Waals surface area contributed by atoms with Crippen molar-refractivity contribution in [1.82, 2.24) is 19.9 Å². The lowest BCUT2D eigenvalue weighted by atomic mass is 10.1. The van der Waals surface area contributed by atoms with Gasteiger partial charge in [-0.2, -0.15) is 5.10 Å². The Morgan fingerprint density at radius 1 is 1.18 bits per heavy atom. The molecule has 0 aliphatic rings. The minimum absolute atomic E-state index is 0.321. The van der Waals surface area contributed by atoms with Crippen LogP contribution in [0.3, 0.4) is 0 Å². The molecule has 2 heterocycles. The SMILES string of the molecule is CNC(=O)Nc1cn2nc(-c3ccc(OC)cc3)ccc2n1. The summed E-state index contributed by atoms with van der Waals surface area (Å²) in [6.07, 6.45) is 1.66. The maximum absolute atomic E-state index is 11.3. The van der Waals surface area contributed by atoms with E-state index in [0.29, 0.717) is 11.5 Å². The zero-order valence-corrected chi connectivity index (χ0v) is 12.2. The first kappa shape index (κ1) is 13.9. The van der Waals surface area contributed by atoms with Gasteiger partial charge in [0, 0.05) is 12.6 Å². The summed E-state index contributed by atoms with van der Waals surface area (Å²) in [5.41, 5.74) is 2.43. The van der Waals surface area contributed by atoms with Crippen molar-refractivity contribution in [3.63, 3.8) is 0 Å². The van der Waals surface area contributed by atoms with Gasteiger partial charge in [-0.25, -0.2) is 14.3 Å². The second-order valence-electron chi connectivity index (χ2n) is 4.58. The van der Waals surface area contributed by atoms with Crippen molar-refractivity contribution in [2.75, 3.05) is 19.5 Å². The number of benzene rings is 1. The van der Waals surface area contributed by atoms with Crippen molar-refractivity contribution in [2.45, 2.75) is 0 Å². The lowest BCUT2D eigenvalue weighted by Gasteiger charge is -2.03. The van der Waals surface area contributed by atoms with Gasteiger partial charge in [-0.05, 0) is 36.4 Å². The molecule has 1 aromatic carbocycles. The van der Waals surface area contributed by atoms with Crippen LogP contribution in [0.25, 0.3) is 16.9 Å². The van der Waals surface area contributed by atoms with E-state index < -0.39 is 0 Å². The van der Waals surface area contributed by atoms with Crippen LogP contribution in [0.2, 0.25) is 0 Å². The van der Waals surface area contributed by atoms with Crippen molar-refractivity contribution >= 4 is 17.5 Å². The topological polar surface area (TPSA) is 80.6 Å². The van der Waals surface area contributed by atoms with E-state index >= 15 is 0 Å². The van der Waals surface area contributed by atoms with Gasteiger partial charge in [-0.15, -0.1) is 0 Å². The highest BCUT2D eigenvalue weighted by Gasteiger charge is 2.07. The maximum atomic E-state index is 11.3. The van der Waals surface area contributed by atoms with E-state index in [1.165, 1.54) is 0 Å². The summed E-state index contributed by atoms with van der Waals surface area (Å²) < 4.78 is 6.77. The Bertz CT molecular complexity index is 810. The Morgan fingerprint density at radius 3 is 2.64 bits per heavy atom. The lowest BCUT2D eigenvalue weighted by Crippen LogP contribution is -2.24. The van der Waals surface area contributed by atoms with E-state index in [1.54, 1.807) is 24.9 Å². The minimum Gasteiger partial charge on any atom is -0.497 e. The molecule has 0 unspecified atom stereocenters. The molecule has 3 aromatic rings. The van der Waals surface area contributed by atoms with E-state index in [9.17, 15) is 4.79 Å². The Hall–Kier alpha value is -3.09. The highest BCUT2D eigenvalue weighted by molar-refractivity contribution is 5.88. The molecule has 0 fully saturated rings. The highest BCUT2D eigenvalue weighted by Crippen LogP contribution is 2.21. The molecule has 0 bridgehead atoms. The number of nitrogens with one attached hydrogen (secondary N) is 2. The minimum atomic E-state index is -0.321. The first-order valence-electron chi connectivity index (χ1n) is 6.69. The number of methoxy groups -OCH3 is 1. The smallest absolute Gasteiger partial charge is 0.320 e. The molecule has 112 valence electrons. The summed E-state index contributed by atoms with van der Waals surface area (Å²) in [5, 5.41) is 9.59. The molecule has 2 amide bonds. The molecular formula is C15H15N5O2. The van der Waals surface area contributed by atoms with E-state index in [4.69, 9.17) is 4.74 Å². The molecule has 3 rings (SSSR count). The number of ether oxygens (including phenoxy) is 1. The van der Waals surface area contributed by atoms with Gasteiger partial charge in [0.1, 0.15) is 5.75 Å². The van der Waals surface area contributed by atoms with E-state index in [0.717, 1.165) is 17.0 Å². The van der Waals surface area contributed by atoms with Crippen LogP contribution in [-0.4, -0.2) is 34.8 Å². The summed E-state index contributed by atoms with van der Waals surface area (Å²) in [6, 6.07) is 11.1. The lowest BCUT2D eigenvalue weighted by molar-refractivity contribution is 0.254. The fourth-order valence-corrected chi connectivity index (χ4v) is 2.04. The van der Waals surface area contributed by atoms with Crippen LogP contribution in [0, 0.1) is 0 Å². The molecule has 0 aliphatic carbocycles. The predicted octanol–water partition coefficient (Wildman–Crippen LogP) is 2.16. The molecule has 0 spiro atoms. The van der Waals surface area contributed by atoms with Gasteiger partial charge < -0.3 is 10.1 Å².